The third kappa shape index (κ3) is 7.57. The molecule has 1 aliphatic heterocycles. The minimum absolute atomic E-state index is 0.0970. The number of nitrogens with one attached hydrogen (secondary N) is 1. The van der Waals surface area contributed by atoms with E-state index in [-0.39, 0.29) is 12.1 Å². The Balaban J connectivity index is 1.20. The van der Waals surface area contributed by atoms with Crippen molar-refractivity contribution < 1.29 is 14.3 Å². The van der Waals surface area contributed by atoms with Crippen LogP contribution in [0.15, 0.2) is 67.3 Å². The lowest BCUT2D eigenvalue weighted by molar-refractivity contribution is 0.0218. The number of carbonyl (C=O) groups excluding carboxylic acids is 1. The van der Waals surface area contributed by atoms with Gasteiger partial charge in [-0.1, -0.05) is 68.2 Å². The highest BCUT2D eigenvalue weighted by atomic mass is 28.3. The Labute approximate surface area is 250 Å². The standard InChI is InChI=1S/C33H43N5O3Si/c1-33(2,3)41-32(39)38-17-7-8-30(38)31-34-20-28(36-31)26-13-9-24(10-14-26)25-11-15-27(16-12-25)29-21-37(22-35-29)23-40-18-19-42(4,5)6/h9-16,20-22,30H,7-8,17-19,23H2,1-6H3,(H,34,36). The molecule has 0 radical (unpaired) electrons. The number of H-pyrrole nitrogens is 1. The topological polar surface area (TPSA) is 85.3 Å². The van der Waals surface area contributed by atoms with Crippen molar-refractivity contribution >= 4 is 14.2 Å². The number of ether oxygens (including phenoxy) is 2. The van der Waals surface area contributed by atoms with Crippen LogP contribution < -0.4 is 0 Å². The summed E-state index contributed by atoms with van der Waals surface area (Å²) in [7, 11) is -1.08. The second kappa shape index (κ2) is 12.3. The molecule has 5 rings (SSSR count). The number of likely N-dealkylation sites (tertiary alicyclic amines) is 1. The first-order valence-electron chi connectivity index (χ1n) is 14.8. The molecule has 8 nitrogen and oxygen atoms in total. The van der Waals surface area contributed by atoms with Crippen LogP contribution in [0.2, 0.25) is 25.7 Å². The fraction of sp³-hybridized carbons (Fsp3) is 0.424. The third-order valence-electron chi connectivity index (χ3n) is 7.37. The Morgan fingerprint density at radius 2 is 1.62 bits per heavy atom. The van der Waals surface area contributed by atoms with Crippen LogP contribution in [0.4, 0.5) is 4.79 Å². The molecule has 222 valence electrons. The maximum Gasteiger partial charge on any atom is 0.410 e. The zero-order valence-electron chi connectivity index (χ0n) is 25.7. The van der Waals surface area contributed by atoms with Crippen LogP contribution in [0.5, 0.6) is 0 Å². The average Bonchev–Trinajstić information content (AvgIpc) is 3.71. The second-order valence-electron chi connectivity index (χ2n) is 13.3. The summed E-state index contributed by atoms with van der Waals surface area (Å²) in [6.45, 7) is 14.8. The van der Waals surface area contributed by atoms with Crippen molar-refractivity contribution in [2.24, 2.45) is 0 Å². The highest BCUT2D eigenvalue weighted by Crippen LogP contribution is 2.33. The van der Waals surface area contributed by atoms with E-state index in [1.54, 1.807) is 4.90 Å². The Hall–Kier alpha value is -3.69. The van der Waals surface area contributed by atoms with E-state index in [1.165, 1.54) is 0 Å². The molecule has 9 heteroatoms. The van der Waals surface area contributed by atoms with Gasteiger partial charge in [-0.15, -0.1) is 0 Å². The van der Waals surface area contributed by atoms with Crippen LogP contribution in [0.3, 0.4) is 0 Å². The molecule has 1 unspecified atom stereocenters. The van der Waals surface area contributed by atoms with Crippen molar-refractivity contribution in [3.8, 4) is 33.6 Å². The van der Waals surface area contributed by atoms with E-state index in [4.69, 9.17) is 9.47 Å². The molecule has 2 aromatic carbocycles. The number of hydrogen-bond acceptors (Lipinski definition) is 5. The number of carbonyl (C=O) groups is 1. The molecule has 0 saturated carbocycles. The predicted octanol–water partition coefficient (Wildman–Crippen LogP) is 7.99. The highest BCUT2D eigenvalue weighted by Gasteiger charge is 2.34. The minimum atomic E-state index is -1.08. The molecular weight excluding hydrogens is 542 g/mol. The molecule has 1 aliphatic rings. The largest absolute Gasteiger partial charge is 0.444 e. The zero-order chi connectivity index (χ0) is 29.9. The molecule has 1 atom stereocenters. The summed E-state index contributed by atoms with van der Waals surface area (Å²) in [6.07, 6.45) is 7.24. The van der Waals surface area contributed by atoms with Crippen molar-refractivity contribution in [3.05, 3.63) is 73.1 Å². The molecule has 2 aromatic heterocycles. The van der Waals surface area contributed by atoms with Gasteiger partial charge in [-0.25, -0.2) is 14.8 Å². The van der Waals surface area contributed by atoms with Gasteiger partial charge in [0.2, 0.25) is 0 Å². The van der Waals surface area contributed by atoms with Gasteiger partial charge in [0.1, 0.15) is 18.2 Å². The third-order valence-corrected chi connectivity index (χ3v) is 9.08. The summed E-state index contributed by atoms with van der Waals surface area (Å²) in [4.78, 5) is 27.2. The number of imidazole rings is 2. The summed E-state index contributed by atoms with van der Waals surface area (Å²) in [5, 5.41) is 0. The van der Waals surface area contributed by atoms with Gasteiger partial charge in [0, 0.05) is 33.0 Å². The first kappa shape index (κ1) is 29.8. The number of benzene rings is 2. The summed E-state index contributed by atoms with van der Waals surface area (Å²) in [6, 6.07) is 18.0. The van der Waals surface area contributed by atoms with E-state index in [0.717, 1.165) is 65.0 Å². The van der Waals surface area contributed by atoms with Gasteiger partial charge >= 0.3 is 6.09 Å². The number of nitrogens with zero attached hydrogens (tertiary/aromatic N) is 4. The molecule has 0 bridgehead atoms. The van der Waals surface area contributed by atoms with E-state index in [0.29, 0.717) is 13.3 Å². The highest BCUT2D eigenvalue weighted by molar-refractivity contribution is 6.76. The zero-order valence-corrected chi connectivity index (χ0v) is 26.7. The molecular formula is C33H43N5O3Si. The number of amides is 1. The van der Waals surface area contributed by atoms with E-state index >= 15 is 0 Å². The summed E-state index contributed by atoms with van der Waals surface area (Å²) >= 11 is 0. The maximum atomic E-state index is 12.7. The summed E-state index contributed by atoms with van der Waals surface area (Å²) in [5.74, 6) is 0.800. The van der Waals surface area contributed by atoms with Crippen LogP contribution in [0.25, 0.3) is 33.6 Å². The van der Waals surface area contributed by atoms with Gasteiger partial charge in [0.15, 0.2) is 0 Å². The van der Waals surface area contributed by atoms with Gasteiger partial charge in [-0.2, -0.15) is 0 Å². The van der Waals surface area contributed by atoms with Crippen LogP contribution in [-0.2, 0) is 16.2 Å². The average molecular weight is 586 g/mol. The van der Waals surface area contributed by atoms with Crippen molar-refractivity contribution in [3.63, 3.8) is 0 Å². The first-order chi connectivity index (χ1) is 19.9. The number of hydrogen-bond donors (Lipinski definition) is 1. The lowest BCUT2D eigenvalue weighted by atomic mass is 10.0. The van der Waals surface area contributed by atoms with Gasteiger partial charge < -0.3 is 19.0 Å². The van der Waals surface area contributed by atoms with E-state index in [1.807, 2.05) is 44.1 Å². The van der Waals surface area contributed by atoms with E-state index < -0.39 is 13.7 Å². The molecule has 1 saturated heterocycles. The SMILES string of the molecule is CC(C)(C)OC(=O)N1CCCC1c1ncc(-c2ccc(-c3ccc(-c4cn(COCC[Si](C)(C)C)cn4)cc3)cc2)[nH]1. The van der Waals surface area contributed by atoms with Gasteiger partial charge in [-0.05, 0) is 56.3 Å². The minimum Gasteiger partial charge on any atom is -0.444 e. The smallest absolute Gasteiger partial charge is 0.410 e. The van der Waals surface area contributed by atoms with Crippen LogP contribution in [0.1, 0.15) is 45.5 Å². The molecule has 1 fully saturated rings. The molecule has 1 N–H and O–H groups in total. The van der Waals surface area contributed by atoms with Crippen molar-refractivity contribution in [2.45, 2.75) is 77.7 Å². The Morgan fingerprint density at radius 3 is 2.26 bits per heavy atom. The number of aromatic amines is 1. The molecule has 0 aliphatic carbocycles. The van der Waals surface area contributed by atoms with Crippen LogP contribution in [0, 0.1) is 0 Å². The summed E-state index contributed by atoms with van der Waals surface area (Å²) < 4.78 is 13.5. The number of aromatic nitrogens is 4. The number of rotatable bonds is 9. The predicted molar refractivity (Wildman–Crippen MR) is 170 cm³/mol. The van der Waals surface area contributed by atoms with E-state index in [9.17, 15) is 4.79 Å². The van der Waals surface area contributed by atoms with Crippen molar-refractivity contribution in [1.82, 2.24) is 24.4 Å². The fourth-order valence-electron chi connectivity index (χ4n) is 5.05. The van der Waals surface area contributed by atoms with Crippen molar-refractivity contribution in [1.29, 1.82) is 0 Å². The molecule has 0 spiro atoms. The maximum absolute atomic E-state index is 12.7. The lowest BCUT2D eigenvalue weighted by Gasteiger charge is -2.27. The van der Waals surface area contributed by atoms with Gasteiger partial charge in [0.05, 0.1) is 30.0 Å². The van der Waals surface area contributed by atoms with Gasteiger partial charge in [-0.3, -0.25) is 4.90 Å². The van der Waals surface area contributed by atoms with Gasteiger partial charge in [0.25, 0.3) is 0 Å². The monoisotopic (exact) mass is 585 g/mol. The van der Waals surface area contributed by atoms with Crippen LogP contribution in [-0.4, -0.2) is 57.3 Å². The van der Waals surface area contributed by atoms with E-state index in [2.05, 4.69) is 83.1 Å². The molecule has 3 heterocycles. The normalized spacial score (nSPS) is 15.8. The Kier molecular flexibility index (Phi) is 8.70. The molecule has 4 aromatic rings. The van der Waals surface area contributed by atoms with Crippen molar-refractivity contribution in [2.75, 3.05) is 13.2 Å². The Bertz CT molecular complexity index is 1480. The fourth-order valence-corrected chi connectivity index (χ4v) is 5.80. The molecule has 1 amide bonds. The molecule has 42 heavy (non-hydrogen) atoms. The lowest BCUT2D eigenvalue weighted by Crippen LogP contribution is -2.36. The first-order valence-corrected chi connectivity index (χ1v) is 18.5. The van der Waals surface area contributed by atoms with Crippen LogP contribution >= 0.6 is 0 Å². The second-order valence-corrected chi connectivity index (χ2v) is 18.9. The summed E-state index contributed by atoms with van der Waals surface area (Å²) in [5.41, 5.74) is 5.76. The quantitative estimate of drug-likeness (QED) is 0.159. The Morgan fingerprint density at radius 1 is 0.976 bits per heavy atom.